The zero-order chi connectivity index (χ0) is 13.8. The van der Waals surface area contributed by atoms with Crippen LogP contribution in [0.5, 0.6) is 0 Å². The second-order valence-electron chi connectivity index (χ2n) is 6.60. The van der Waals surface area contributed by atoms with Gasteiger partial charge >= 0.3 is 0 Å². The van der Waals surface area contributed by atoms with E-state index in [1.807, 2.05) is 12.5 Å². The third kappa shape index (κ3) is 3.59. The highest BCUT2D eigenvalue weighted by Crippen LogP contribution is 2.34. The van der Waals surface area contributed by atoms with Crippen LogP contribution in [-0.4, -0.2) is 9.55 Å². The largest absolute Gasteiger partial charge is 0.330 e. The van der Waals surface area contributed by atoms with Crippen molar-refractivity contribution in [3.63, 3.8) is 0 Å². The zero-order valence-electron chi connectivity index (χ0n) is 12.7. The molecule has 2 unspecified atom stereocenters. The molecule has 1 aliphatic rings. The van der Waals surface area contributed by atoms with Crippen LogP contribution in [0.15, 0.2) is 12.5 Å². The van der Waals surface area contributed by atoms with E-state index in [1.54, 1.807) is 0 Å². The Morgan fingerprint density at radius 2 is 1.95 bits per heavy atom. The minimum atomic E-state index is 0.119. The summed E-state index contributed by atoms with van der Waals surface area (Å²) in [6, 6.07) is 0.657. The summed E-state index contributed by atoms with van der Waals surface area (Å²) in [7, 11) is 0. The first-order valence-electron chi connectivity index (χ1n) is 7.87. The van der Waals surface area contributed by atoms with Crippen molar-refractivity contribution in [1.82, 2.24) is 9.55 Å². The van der Waals surface area contributed by atoms with Crippen molar-refractivity contribution in [3.8, 4) is 0 Å². The van der Waals surface area contributed by atoms with Gasteiger partial charge in [0.1, 0.15) is 0 Å². The fourth-order valence-corrected chi connectivity index (χ4v) is 3.41. The molecule has 0 bridgehead atoms. The van der Waals surface area contributed by atoms with Crippen LogP contribution in [0.1, 0.15) is 77.1 Å². The van der Waals surface area contributed by atoms with Crippen molar-refractivity contribution in [3.05, 3.63) is 18.2 Å². The fourth-order valence-electron chi connectivity index (χ4n) is 3.41. The first kappa shape index (κ1) is 14.6. The highest BCUT2D eigenvalue weighted by atomic mass is 15.1. The Bertz CT molecular complexity index is 377. The molecule has 0 amide bonds. The summed E-state index contributed by atoms with van der Waals surface area (Å²) >= 11 is 0. The lowest BCUT2D eigenvalue weighted by Crippen LogP contribution is -2.24. The molecule has 19 heavy (non-hydrogen) atoms. The molecule has 1 heterocycles. The molecule has 2 atom stereocenters. The zero-order valence-corrected chi connectivity index (χ0v) is 12.7. The highest BCUT2D eigenvalue weighted by molar-refractivity contribution is 5.06. The molecule has 2 N–H and O–H groups in total. The van der Waals surface area contributed by atoms with Gasteiger partial charge in [0.25, 0.3) is 0 Å². The van der Waals surface area contributed by atoms with Gasteiger partial charge in [-0.3, -0.25) is 0 Å². The third-order valence-corrected chi connectivity index (χ3v) is 4.57. The number of hydrogen-bond donors (Lipinski definition) is 1. The molecule has 1 saturated carbocycles. The van der Waals surface area contributed by atoms with E-state index < -0.39 is 0 Å². The van der Waals surface area contributed by atoms with E-state index in [-0.39, 0.29) is 6.04 Å². The van der Waals surface area contributed by atoms with Crippen LogP contribution in [0.3, 0.4) is 0 Å². The standard InChI is InChI=1S/C16H29N3/c1-12(2)9-15(17)16-10-18-11-19(16)13(3)14-7-5-4-6-8-14/h10-15H,4-9,17H2,1-3H3. The average molecular weight is 263 g/mol. The van der Waals surface area contributed by atoms with Crippen molar-refractivity contribution < 1.29 is 0 Å². The van der Waals surface area contributed by atoms with Crippen molar-refractivity contribution in [2.24, 2.45) is 17.6 Å². The lowest BCUT2D eigenvalue weighted by atomic mass is 9.84. The number of hydrogen-bond acceptors (Lipinski definition) is 2. The van der Waals surface area contributed by atoms with Gasteiger partial charge in [-0.2, -0.15) is 0 Å². The summed E-state index contributed by atoms with van der Waals surface area (Å²) in [5, 5.41) is 0. The van der Waals surface area contributed by atoms with Crippen LogP contribution < -0.4 is 5.73 Å². The number of aromatic nitrogens is 2. The lowest BCUT2D eigenvalue weighted by molar-refractivity contribution is 0.257. The van der Waals surface area contributed by atoms with Crippen molar-refractivity contribution in [2.45, 2.75) is 71.4 Å². The normalized spacial score (nSPS) is 20.7. The SMILES string of the molecule is CC(C)CC(N)c1cncn1C(C)C1CCCCC1. The molecule has 3 nitrogen and oxygen atoms in total. The van der Waals surface area contributed by atoms with Crippen molar-refractivity contribution >= 4 is 0 Å². The molecule has 1 aromatic rings. The molecule has 2 rings (SSSR count). The Kier molecular flexibility index (Phi) is 5.03. The molecule has 0 spiro atoms. The summed E-state index contributed by atoms with van der Waals surface area (Å²) in [6.45, 7) is 6.79. The van der Waals surface area contributed by atoms with E-state index in [9.17, 15) is 0 Å². The second-order valence-corrected chi connectivity index (χ2v) is 6.60. The van der Waals surface area contributed by atoms with Gasteiger partial charge in [0.05, 0.1) is 12.0 Å². The molecule has 108 valence electrons. The van der Waals surface area contributed by atoms with E-state index >= 15 is 0 Å². The molecule has 1 fully saturated rings. The fraction of sp³-hybridized carbons (Fsp3) is 0.812. The minimum absolute atomic E-state index is 0.119. The summed E-state index contributed by atoms with van der Waals surface area (Å²) < 4.78 is 2.34. The van der Waals surface area contributed by atoms with Gasteiger partial charge in [-0.15, -0.1) is 0 Å². The smallest absolute Gasteiger partial charge is 0.0951 e. The van der Waals surface area contributed by atoms with E-state index in [0.29, 0.717) is 12.0 Å². The van der Waals surface area contributed by atoms with Gasteiger partial charge in [0, 0.05) is 18.3 Å². The predicted molar refractivity (Wildman–Crippen MR) is 79.9 cm³/mol. The maximum absolute atomic E-state index is 6.35. The van der Waals surface area contributed by atoms with Crippen LogP contribution in [0.25, 0.3) is 0 Å². The van der Waals surface area contributed by atoms with Crippen LogP contribution in [0.4, 0.5) is 0 Å². The highest BCUT2D eigenvalue weighted by Gasteiger charge is 2.24. The molecule has 0 aromatic carbocycles. The Labute approximate surface area is 117 Å². The summed E-state index contributed by atoms with van der Waals surface area (Å²) in [6.07, 6.45) is 11.9. The number of nitrogens with zero attached hydrogens (tertiary/aromatic N) is 2. The molecule has 0 aliphatic heterocycles. The molecular formula is C16H29N3. The topological polar surface area (TPSA) is 43.8 Å². The first-order chi connectivity index (χ1) is 9.09. The van der Waals surface area contributed by atoms with Crippen LogP contribution >= 0.6 is 0 Å². The van der Waals surface area contributed by atoms with Gasteiger partial charge in [0.15, 0.2) is 0 Å². The van der Waals surface area contributed by atoms with Crippen LogP contribution in [0, 0.1) is 11.8 Å². The van der Waals surface area contributed by atoms with Crippen molar-refractivity contribution in [2.75, 3.05) is 0 Å². The Hall–Kier alpha value is -0.830. The Morgan fingerprint density at radius 3 is 2.58 bits per heavy atom. The van der Waals surface area contributed by atoms with E-state index in [1.165, 1.54) is 37.8 Å². The maximum Gasteiger partial charge on any atom is 0.0951 e. The third-order valence-electron chi connectivity index (χ3n) is 4.57. The predicted octanol–water partition coefficient (Wildman–Crippen LogP) is 4.07. The van der Waals surface area contributed by atoms with Gasteiger partial charge in [-0.25, -0.2) is 4.98 Å². The minimum Gasteiger partial charge on any atom is -0.330 e. The molecule has 3 heteroatoms. The molecule has 0 radical (unpaired) electrons. The maximum atomic E-state index is 6.35. The van der Waals surface area contributed by atoms with Crippen LogP contribution in [-0.2, 0) is 0 Å². The van der Waals surface area contributed by atoms with E-state index in [4.69, 9.17) is 5.73 Å². The lowest BCUT2D eigenvalue weighted by Gasteiger charge is -2.30. The van der Waals surface area contributed by atoms with Gasteiger partial charge in [-0.1, -0.05) is 33.1 Å². The quantitative estimate of drug-likeness (QED) is 0.870. The monoisotopic (exact) mass is 263 g/mol. The Morgan fingerprint density at radius 1 is 1.26 bits per heavy atom. The summed E-state index contributed by atoms with van der Waals surface area (Å²) in [4.78, 5) is 4.35. The molecule has 1 aromatic heterocycles. The van der Waals surface area contributed by atoms with Gasteiger partial charge < -0.3 is 10.3 Å². The Balaban J connectivity index is 2.09. The van der Waals surface area contributed by atoms with E-state index in [2.05, 4.69) is 30.3 Å². The molecule has 1 aliphatic carbocycles. The number of imidazole rings is 1. The molecule has 0 saturated heterocycles. The number of rotatable bonds is 5. The summed E-state index contributed by atoms with van der Waals surface area (Å²) in [5.74, 6) is 1.43. The van der Waals surface area contributed by atoms with Gasteiger partial charge in [-0.05, 0) is 38.0 Å². The molecular weight excluding hydrogens is 234 g/mol. The van der Waals surface area contributed by atoms with Crippen LogP contribution in [0.2, 0.25) is 0 Å². The second kappa shape index (κ2) is 6.56. The summed E-state index contributed by atoms with van der Waals surface area (Å²) in [5.41, 5.74) is 7.56. The number of nitrogens with two attached hydrogens (primary N) is 1. The average Bonchev–Trinajstić information content (AvgIpc) is 2.87. The first-order valence-corrected chi connectivity index (χ1v) is 7.87. The van der Waals surface area contributed by atoms with E-state index in [0.717, 1.165) is 12.3 Å². The van der Waals surface area contributed by atoms with Gasteiger partial charge in [0.2, 0.25) is 0 Å². The van der Waals surface area contributed by atoms with Crippen molar-refractivity contribution in [1.29, 1.82) is 0 Å².